The van der Waals surface area contributed by atoms with Crippen molar-refractivity contribution in [2.24, 2.45) is 0 Å². The Morgan fingerprint density at radius 2 is 0.767 bits per heavy atom. The lowest BCUT2D eigenvalue weighted by Gasteiger charge is -2.25. The lowest BCUT2D eigenvalue weighted by atomic mass is 9.80. The highest BCUT2D eigenvalue weighted by Crippen LogP contribution is 2.38. The fraction of sp³-hybridized carbons (Fsp3) is 0.127. The number of carboxylic acids is 1. The topological polar surface area (TPSA) is 186 Å². The number of carboxylic acid groups (broad SMARTS) is 1. The van der Waals surface area contributed by atoms with Crippen molar-refractivity contribution in [3.63, 3.8) is 0 Å². The van der Waals surface area contributed by atoms with Crippen LogP contribution in [-0.2, 0) is 45.1 Å². The molecule has 0 spiro atoms. The highest BCUT2D eigenvalue weighted by molar-refractivity contribution is 14.1. The van der Waals surface area contributed by atoms with Gasteiger partial charge in [0.25, 0.3) is 11.8 Å². The molecule has 103 heavy (non-hydrogen) atoms. The van der Waals surface area contributed by atoms with Gasteiger partial charge in [0.15, 0.2) is 34.5 Å². The van der Waals surface area contributed by atoms with Gasteiger partial charge in [0.2, 0.25) is 20.4 Å². The number of carbonyl (C=O) groups is 3. The van der Waals surface area contributed by atoms with Crippen molar-refractivity contribution >= 4 is 81.2 Å². The van der Waals surface area contributed by atoms with Gasteiger partial charge in [-0.05, 0) is 168 Å². The number of nitrogens with one attached hydrogen (secondary N) is 1. The molecular formula is C79H64BF6I2N3O12. The molecule has 3 aliphatic rings. The minimum absolute atomic E-state index is 0.0153. The smallest absolute Gasteiger partial charge is 0.478 e. The maximum absolute atomic E-state index is 13.9. The average Bonchev–Trinajstić information content (AvgIpc) is 1.17. The summed E-state index contributed by atoms with van der Waals surface area (Å²) in [6.45, 7) is 3.23. The molecule has 0 atom stereocenters. The first-order valence-corrected chi connectivity index (χ1v) is 33.9. The largest absolute Gasteiger partial charge is 0.488 e. The number of hydrogen-bond donors (Lipinski definition) is 4. The summed E-state index contributed by atoms with van der Waals surface area (Å²) in [5, 5.41) is 29.1. The van der Waals surface area contributed by atoms with Crippen LogP contribution in [0.2, 0.25) is 0 Å². The molecule has 0 saturated heterocycles. The number of halogens is 8. The molecule has 0 aliphatic carbocycles. The molecule has 0 bridgehead atoms. The normalized spacial score (nSPS) is 11.9. The summed E-state index contributed by atoms with van der Waals surface area (Å²) < 4.78 is 109. The van der Waals surface area contributed by atoms with Gasteiger partial charge >= 0.3 is 25.4 Å². The third-order valence-electron chi connectivity index (χ3n) is 15.8. The van der Waals surface area contributed by atoms with E-state index in [1.54, 1.807) is 47.4 Å². The molecule has 11 aromatic carbocycles. The molecule has 24 heteroatoms. The summed E-state index contributed by atoms with van der Waals surface area (Å²) in [7, 11) is -1.73. The standard InChI is InChI=1S/C29H22F3NO3.C22H18INO3.C14H13NO2.C7H6BF3O2.C7H5IO2/c30-29(31,32)23-13-11-22(12-14-23)24-8-4-5-9-25(24)28(34)33(17-20-6-2-1-3-7-20)18-21-10-15-26-27(16-21)36-19-35-26;23-19-9-5-4-8-18(19)22(25)24(13-16-6-2-1-3-7-16)14-17-10-11-20-21(12-17)27-15-26-20;1-2-4-11(5-3-1)9-15-12-6-7-13-14(8-12)17-10-16-13;9-7(10,11)5-1-3-6(4-2-5)8(12)13;8-6-4-2-1-3-5(6)7(9)10/h1-16H,17-19H2;1-12H,13-15H2;1-8,15H,9-10H2;1-4,12-13H;1-4H,(H,9,10). The van der Waals surface area contributed by atoms with Crippen LogP contribution < -0.4 is 39.2 Å². The van der Waals surface area contributed by atoms with Crippen molar-refractivity contribution in [1.82, 2.24) is 9.80 Å². The Labute approximate surface area is 617 Å². The molecule has 4 N–H and O–H groups in total. The van der Waals surface area contributed by atoms with Crippen molar-refractivity contribution in [2.75, 3.05) is 25.7 Å². The number of benzene rings is 11. The zero-order valence-electron chi connectivity index (χ0n) is 54.6. The molecule has 0 saturated carbocycles. The zero-order valence-corrected chi connectivity index (χ0v) is 58.9. The van der Waals surface area contributed by atoms with Crippen molar-refractivity contribution < 1.29 is 84.3 Å². The van der Waals surface area contributed by atoms with Gasteiger partial charge in [-0.15, -0.1) is 0 Å². The first kappa shape index (κ1) is 75.1. The fourth-order valence-electron chi connectivity index (χ4n) is 10.5. The van der Waals surface area contributed by atoms with Crippen LogP contribution in [0.15, 0.2) is 267 Å². The van der Waals surface area contributed by atoms with E-state index in [1.165, 1.54) is 17.7 Å². The van der Waals surface area contributed by atoms with Crippen LogP contribution in [0.5, 0.6) is 34.5 Å². The lowest BCUT2D eigenvalue weighted by Crippen LogP contribution is -2.30. The number of fused-ring (bicyclic) bond motifs is 3. The number of amides is 2. The van der Waals surface area contributed by atoms with Gasteiger partial charge in [0.05, 0.1) is 22.3 Å². The number of anilines is 1. The Bertz CT molecular complexity index is 4640. The van der Waals surface area contributed by atoms with Gasteiger partial charge in [-0.3, -0.25) is 9.59 Å². The second kappa shape index (κ2) is 35.9. The minimum atomic E-state index is -4.43. The summed E-state index contributed by atoms with van der Waals surface area (Å²) in [4.78, 5) is 41.2. The highest BCUT2D eigenvalue weighted by Gasteiger charge is 2.32. The number of rotatable bonds is 16. The summed E-state index contributed by atoms with van der Waals surface area (Å²) >= 11 is 4.21. The Morgan fingerprint density at radius 1 is 0.398 bits per heavy atom. The van der Waals surface area contributed by atoms with Gasteiger partial charge in [0, 0.05) is 57.2 Å². The van der Waals surface area contributed by atoms with E-state index in [9.17, 15) is 40.7 Å². The number of ether oxygens (including phenoxy) is 6. The van der Waals surface area contributed by atoms with Crippen LogP contribution in [0.1, 0.15) is 70.0 Å². The molecule has 0 unspecified atom stereocenters. The average molecular weight is 1630 g/mol. The summed E-state index contributed by atoms with van der Waals surface area (Å²) in [5.74, 6) is 3.31. The second-order valence-corrected chi connectivity index (χ2v) is 25.3. The predicted molar refractivity (Wildman–Crippen MR) is 395 cm³/mol. The number of alkyl halides is 6. The number of nitrogens with zero attached hydrogens (tertiary/aromatic N) is 2. The van der Waals surface area contributed by atoms with Crippen LogP contribution in [0.4, 0.5) is 32.0 Å². The summed E-state index contributed by atoms with van der Waals surface area (Å²) in [5.41, 5.74) is 7.32. The number of carbonyl (C=O) groups excluding carboxylic acids is 2. The SMILES string of the molecule is O=C(O)c1ccccc1I.O=C(c1ccccc1-c1ccc(C(F)(F)F)cc1)N(Cc1ccccc1)Cc1ccc2c(c1)OCO2.O=C(c1ccccc1I)N(Cc1ccccc1)Cc1ccc2c(c1)OCO2.OB(O)c1ccc(C(F)(F)F)cc1.c1ccc(CNc2ccc3c(c2)OCO3)cc1. The molecule has 0 radical (unpaired) electrons. The van der Waals surface area contributed by atoms with Gasteiger partial charge in [-0.2, -0.15) is 26.3 Å². The number of aromatic carboxylic acids is 1. The summed E-state index contributed by atoms with van der Waals surface area (Å²) in [6.07, 6.45) is -8.82. The summed E-state index contributed by atoms with van der Waals surface area (Å²) in [6, 6.07) is 77.3. The molecule has 3 heterocycles. The molecule has 526 valence electrons. The zero-order chi connectivity index (χ0) is 72.9. The van der Waals surface area contributed by atoms with Crippen LogP contribution >= 0.6 is 45.2 Å². The molecule has 2 amide bonds. The van der Waals surface area contributed by atoms with Crippen molar-refractivity contribution in [1.29, 1.82) is 0 Å². The van der Waals surface area contributed by atoms with Gasteiger partial charge in [-0.25, -0.2) is 4.79 Å². The molecular weight excluding hydrogens is 1560 g/mol. The molecule has 3 aliphatic heterocycles. The van der Waals surface area contributed by atoms with Gasteiger partial charge in [0.1, 0.15) is 0 Å². The Morgan fingerprint density at radius 3 is 1.20 bits per heavy atom. The minimum Gasteiger partial charge on any atom is -0.478 e. The molecule has 11 aromatic rings. The highest BCUT2D eigenvalue weighted by atomic mass is 127. The molecule has 15 nitrogen and oxygen atoms in total. The maximum Gasteiger partial charge on any atom is 0.488 e. The predicted octanol–water partition coefficient (Wildman–Crippen LogP) is 17.2. The van der Waals surface area contributed by atoms with Gasteiger partial charge < -0.3 is 58.7 Å². The molecule has 14 rings (SSSR count). The van der Waals surface area contributed by atoms with Crippen LogP contribution in [0, 0.1) is 7.14 Å². The van der Waals surface area contributed by atoms with Crippen molar-refractivity contribution in [3.05, 3.63) is 330 Å². The monoisotopic (exact) mass is 1630 g/mol. The maximum atomic E-state index is 13.9. The lowest BCUT2D eigenvalue weighted by molar-refractivity contribution is -0.138. The van der Waals surface area contributed by atoms with Gasteiger partial charge in [-0.1, -0.05) is 182 Å². The van der Waals surface area contributed by atoms with Crippen LogP contribution in [0.25, 0.3) is 11.1 Å². The number of hydrogen-bond acceptors (Lipinski definition) is 12. The fourth-order valence-corrected chi connectivity index (χ4v) is 11.8. The van der Waals surface area contributed by atoms with Crippen LogP contribution in [0.3, 0.4) is 0 Å². The van der Waals surface area contributed by atoms with E-state index in [2.05, 4.69) is 40.0 Å². The van der Waals surface area contributed by atoms with E-state index >= 15 is 0 Å². The van der Waals surface area contributed by atoms with E-state index in [0.717, 1.165) is 107 Å². The van der Waals surface area contributed by atoms with E-state index in [4.69, 9.17) is 43.6 Å². The molecule has 0 fully saturated rings. The third-order valence-corrected chi connectivity index (χ3v) is 17.6. The Kier molecular flexibility index (Phi) is 26.2. The second-order valence-electron chi connectivity index (χ2n) is 23.0. The van der Waals surface area contributed by atoms with E-state index in [-0.39, 0.29) is 30.9 Å². The first-order chi connectivity index (χ1) is 49.6. The Hall–Kier alpha value is -10.5. The van der Waals surface area contributed by atoms with Crippen molar-refractivity contribution in [3.8, 4) is 45.6 Å². The van der Waals surface area contributed by atoms with E-state index < -0.39 is 36.6 Å². The molecule has 0 aromatic heterocycles. The third kappa shape index (κ3) is 21.5. The first-order valence-electron chi connectivity index (χ1n) is 31.8. The van der Waals surface area contributed by atoms with Crippen molar-refractivity contribution in [2.45, 2.75) is 45.1 Å². The van der Waals surface area contributed by atoms with Crippen LogP contribution in [-0.4, -0.2) is 70.2 Å². The Balaban J connectivity index is 0.000000149. The van der Waals surface area contributed by atoms with E-state index in [1.807, 2.05) is 191 Å². The quantitative estimate of drug-likeness (QED) is 0.0407. The van der Waals surface area contributed by atoms with E-state index in [0.29, 0.717) is 66.7 Å².